The van der Waals surface area contributed by atoms with Gasteiger partial charge in [-0.05, 0) is 48.7 Å². The Kier molecular flexibility index (Phi) is 5.97. The summed E-state index contributed by atoms with van der Waals surface area (Å²) in [5, 5.41) is 0.510. The lowest BCUT2D eigenvalue weighted by Gasteiger charge is -2.26. The normalized spacial score (nSPS) is 14.8. The Morgan fingerprint density at radius 1 is 1.03 bits per heavy atom. The molecule has 0 bridgehead atoms. The average Bonchev–Trinajstić information content (AvgIpc) is 2.77. The third-order valence-corrected chi connectivity index (χ3v) is 5.97. The maximum absolute atomic E-state index is 13.5. The summed E-state index contributed by atoms with van der Waals surface area (Å²) in [7, 11) is 3.12. The zero-order valence-electron chi connectivity index (χ0n) is 16.9. The van der Waals surface area contributed by atoms with Gasteiger partial charge in [0.1, 0.15) is 0 Å². The van der Waals surface area contributed by atoms with Crippen LogP contribution in [0.3, 0.4) is 0 Å². The van der Waals surface area contributed by atoms with E-state index >= 15 is 0 Å². The Morgan fingerprint density at radius 3 is 2.47 bits per heavy atom. The molecule has 4 rings (SSSR count). The van der Waals surface area contributed by atoms with E-state index in [1.165, 1.54) is 4.57 Å². The van der Waals surface area contributed by atoms with E-state index in [0.29, 0.717) is 35.6 Å². The minimum atomic E-state index is -0.311. The first-order chi connectivity index (χ1) is 14.5. The average molecular weight is 475 g/mol. The monoisotopic (exact) mass is 474 g/mol. The van der Waals surface area contributed by atoms with Crippen molar-refractivity contribution in [2.75, 3.05) is 27.4 Å². The van der Waals surface area contributed by atoms with E-state index in [1.807, 2.05) is 18.2 Å². The summed E-state index contributed by atoms with van der Waals surface area (Å²) >= 11 is 3.45. The molecule has 1 saturated heterocycles. The van der Waals surface area contributed by atoms with Crippen molar-refractivity contribution >= 4 is 26.8 Å². The van der Waals surface area contributed by atoms with E-state index in [2.05, 4.69) is 15.9 Å². The van der Waals surface area contributed by atoms with Crippen LogP contribution in [0, 0.1) is 0 Å². The molecule has 2 aromatic carbocycles. The summed E-state index contributed by atoms with van der Waals surface area (Å²) in [6, 6.07) is 10.8. The summed E-state index contributed by atoms with van der Waals surface area (Å²) in [5.41, 5.74) is 0.814. The predicted octanol–water partition coefficient (Wildman–Crippen LogP) is 3.34. The molecule has 2 heterocycles. The van der Waals surface area contributed by atoms with E-state index in [-0.39, 0.29) is 23.8 Å². The highest BCUT2D eigenvalue weighted by Gasteiger charge is 2.22. The van der Waals surface area contributed by atoms with Gasteiger partial charge in [-0.2, -0.15) is 0 Å². The van der Waals surface area contributed by atoms with Crippen molar-refractivity contribution in [1.82, 2.24) is 9.13 Å². The molecule has 158 valence electrons. The molecule has 0 spiro atoms. The molecule has 8 heteroatoms. The van der Waals surface area contributed by atoms with Crippen molar-refractivity contribution in [2.45, 2.75) is 25.4 Å². The molecule has 3 aromatic rings. The van der Waals surface area contributed by atoms with Crippen LogP contribution in [0.15, 0.2) is 50.5 Å². The zero-order valence-corrected chi connectivity index (χ0v) is 18.5. The molecular weight excluding hydrogens is 452 g/mol. The summed E-state index contributed by atoms with van der Waals surface area (Å²) in [6.07, 6.45) is 1.47. The van der Waals surface area contributed by atoms with Crippen LogP contribution in [-0.4, -0.2) is 36.6 Å². The Morgan fingerprint density at radius 2 is 1.77 bits per heavy atom. The van der Waals surface area contributed by atoms with Crippen molar-refractivity contribution in [3.63, 3.8) is 0 Å². The summed E-state index contributed by atoms with van der Waals surface area (Å²) < 4.78 is 20.0. The van der Waals surface area contributed by atoms with Gasteiger partial charge in [-0.1, -0.05) is 22.0 Å². The maximum atomic E-state index is 13.5. The third kappa shape index (κ3) is 3.77. The molecule has 1 aliphatic rings. The molecule has 7 nitrogen and oxygen atoms in total. The largest absolute Gasteiger partial charge is 0.493 e. The molecule has 1 aliphatic heterocycles. The molecule has 1 fully saturated rings. The molecule has 30 heavy (non-hydrogen) atoms. The number of hydrogen-bond donors (Lipinski definition) is 0. The van der Waals surface area contributed by atoms with Gasteiger partial charge in [0, 0.05) is 23.7 Å². The van der Waals surface area contributed by atoms with E-state index in [4.69, 9.17) is 14.2 Å². The second-order valence-electron chi connectivity index (χ2n) is 7.24. The van der Waals surface area contributed by atoms with E-state index in [9.17, 15) is 9.59 Å². The molecule has 0 saturated carbocycles. The topological polar surface area (TPSA) is 71.7 Å². The lowest BCUT2D eigenvalue weighted by atomic mass is 10.1. The SMILES string of the molecule is COc1ccc(Cn2c(=O)c3cc(Br)ccc3n(C3CCOCC3)c2=O)cc1OC. The number of nitrogens with zero attached hydrogens (tertiary/aromatic N) is 2. The molecule has 0 N–H and O–H groups in total. The fraction of sp³-hybridized carbons (Fsp3) is 0.364. The van der Waals surface area contributed by atoms with Gasteiger partial charge in [0.2, 0.25) is 0 Å². The molecule has 0 atom stereocenters. The highest BCUT2D eigenvalue weighted by Crippen LogP contribution is 2.28. The molecule has 1 aromatic heterocycles. The van der Waals surface area contributed by atoms with Gasteiger partial charge < -0.3 is 14.2 Å². The maximum Gasteiger partial charge on any atom is 0.332 e. The van der Waals surface area contributed by atoms with Crippen LogP contribution in [0.5, 0.6) is 11.5 Å². The first-order valence-electron chi connectivity index (χ1n) is 9.76. The van der Waals surface area contributed by atoms with Crippen molar-refractivity contribution in [3.8, 4) is 11.5 Å². The second kappa shape index (κ2) is 8.65. The summed E-state index contributed by atoms with van der Waals surface area (Å²) in [6.45, 7) is 1.34. The Labute approximate surface area is 181 Å². The second-order valence-corrected chi connectivity index (χ2v) is 8.15. The van der Waals surface area contributed by atoms with Gasteiger partial charge in [-0.3, -0.25) is 13.9 Å². The first-order valence-corrected chi connectivity index (χ1v) is 10.6. The van der Waals surface area contributed by atoms with Crippen LogP contribution < -0.4 is 20.7 Å². The first kappa shape index (κ1) is 20.7. The Bertz CT molecular complexity index is 1190. The Hall–Kier alpha value is -2.58. The molecular formula is C22H23BrN2O5. The fourth-order valence-corrected chi connectivity index (χ4v) is 4.31. The quantitative estimate of drug-likeness (QED) is 0.566. The van der Waals surface area contributed by atoms with Crippen LogP contribution in [0.4, 0.5) is 0 Å². The van der Waals surface area contributed by atoms with Crippen LogP contribution in [-0.2, 0) is 11.3 Å². The molecule has 0 aliphatic carbocycles. The van der Waals surface area contributed by atoms with Gasteiger partial charge in [-0.15, -0.1) is 0 Å². The number of hydrogen-bond acceptors (Lipinski definition) is 5. The highest BCUT2D eigenvalue weighted by atomic mass is 79.9. The van der Waals surface area contributed by atoms with E-state index in [1.54, 1.807) is 37.0 Å². The third-order valence-electron chi connectivity index (χ3n) is 5.48. The number of ether oxygens (including phenoxy) is 3. The van der Waals surface area contributed by atoms with Gasteiger partial charge in [0.15, 0.2) is 11.5 Å². The fourth-order valence-electron chi connectivity index (χ4n) is 3.95. The lowest BCUT2D eigenvalue weighted by molar-refractivity contribution is 0.0691. The lowest BCUT2D eigenvalue weighted by Crippen LogP contribution is -2.42. The number of halogens is 1. The van der Waals surface area contributed by atoms with Crippen molar-refractivity contribution in [2.24, 2.45) is 0 Å². The molecule has 0 unspecified atom stereocenters. The van der Waals surface area contributed by atoms with Crippen molar-refractivity contribution < 1.29 is 14.2 Å². The molecule has 0 radical (unpaired) electrons. The Balaban J connectivity index is 1.89. The minimum absolute atomic E-state index is 0.00724. The van der Waals surface area contributed by atoms with Gasteiger partial charge in [0.05, 0.1) is 31.7 Å². The van der Waals surface area contributed by atoms with Crippen LogP contribution in [0.25, 0.3) is 10.9 Å². The number of benzene rings is 2. The number of rotatable bonds is 5. The number of fused-ring (bicyclic) bond motifs is 1. The van der Waals surface area contributed by atoms with Crippen molar-refractivity contribution in [3.05, 3.63) is 67.3 Å². The van der Waals surface area contributed by atoms with E-state index in [0.717, 1.165) is 22.9 Å². The van der Waals surface area contributed by atoms with Crippen LogP contribution in [0.1, 0.15) is 24.4 Å². The zero-order chi connectivity index (χ0) is 21.3. The van der Waals surface area contributed by atoms with E-state index < -0.39 is 0 Å². The summed E-state index contributed by atoms with van der Waals surface area (Å²) in [4.78, 5) is 26.8. The predicted molar refractivity (Wildman–Crippen MR) is 118 cm³/mol. The van der Waals surface area contributed by atoms with Gasteiger partial charge in [-0.25, -0.2) is 4.79 Å². The summed E-state index contributed by atoms with van der Waals surface area (Å²) in [5.74, 6) is 1.15. The number of aromatic nitrogens is 2. The standard InChI is InChI=1S/C22H23BrN2O5/c1-28-19-6-3-14(11-20(19)29-2)13-24-21(26)17-12-15(23)4-5-18(17)25(22(24)27)16-7-9-30-10-8-16/h3-6,11-12,16H,7-10,13H2,1-2H3. The van der Waals surface area contributed by atoms with Crippen LogP contribution in [0.2, 0.25) is 0 Å². The molecule has 0 amide bonds. The van der Waals surface area contributed by atoms with Gasteiger partial charge >= 0.3 is 5.69 Å². The van der Waals surface area contributed by atoms with Crippen LogP contribution >= 0.6 is 15.9 Å². The highest BCUT2D eigenvalue weighted by molar-refractivity contribution is 9.10. The smallest absolute Gasteiger partial charge is 0.332 e. The minimum Gasteiger partial charge on any atom is -0.493 e. The number of methoxy groups -OCH3 is 2. The van der Waals surface area contributed by atoms with Crippen molar-refractivity contribution in [1.29, 1.82) is 0 Å². The van der Waals surface area contributed by atoms with Gasteiger partial charge in [0.25, 0.3) is 5.56 Å².